The summed E-state index contributed by atoms with van der Waals surface area (Å²) in [5.74, 6) is 0.954. The van der Waals surface area contributed by atoms with E-state index in [4.69, 9.17) is 15.2 Å². The van der Waals surface area contributed by atoms with Crippen molar-refractivity contribution in [3.63, 3.8) is 0 Å². The second-order valence-corrected chi connectivity index (χ2v) is 5.90. The van der Waals surface area contributed by atoms with Crippen molar-refractivity contribution in [3.05, 3.63) is 48.3 Å². The molecule has 2 rings (SSSR count). The number of benzene rings is 1. The molecular weight excluding hydrogens is 377 g/mol. The van der Waals surface area contributed by atoms with E-state index in [1.807, 2.05) is 0 Å². The zero-order chi connectivity index (χ0) is 20.7. The summed E-state index contributed by atoms with van der Waals surface area (Å²) in [4.78, 5) is 13.0. The Morgan fingerprint density at radius 2 is 1.52 bits per heavy atom. The van der Waals surface area contributed by atoms with E-state index >= 15 is 0 Å². The van der Waals surface area contributed by atoms with Crippen LogP contribution in [0.4, 0.5) is 22.2 Å². The number of halogens is 1. The van der Waals surface area contributed by atoms with Crippen molar-refractivity contribution in [1.29, 1.82) is 0 Å². The van der Waals surface area contributed by atoms with E-state index < -0.39 is 0 Å². The first-order valence-corrected chi connectivity index (χ1v) is 9.40. The van der Waals surface area contributed by atoms with Crippen LogP contribution in [-0.4, -0.2) is 61.0 Å². The lowest BCUT2D eigenvalue weighted by atomic mass is 10.2. The molecule has 0 saturated carbocycles. The van der Waals surface area contributed by atoms with Gasteiger partial charge in [-0.15, -0.1) is 6.58 Å². The molecule has 0 radical (unpaired) electrons. The van der Waals surface area contributed by atoms with Gasteiger partial charge in [-0.3, -0.25) is 0 Å². The maximum absolute atomic E-state index is 13.0. The second kappa shape index (κ2) is 13.4. The molecule has 0 unspecified atom stereocenters. The maximum Gasteiger partial charge on any atom is 0.229 e. The van der Waals surface area contributed by atoms with E-state index in [1.165, 1.54) is 12.1 Å². The quantitative estimate of drug-likeness (QED) is 0.259. The summed E-state index contributed by atoms with van der Waals surface area (Å²) in [6.07, 6.45) is 1.71. The first-order valence-electron chi connectivity index (χ1n) is 9.40. The topological polar surface area (TPSA) is 119 Å². The van der Waals surface area contributed by atoms with Gasteiger partial charge in [-0.25, -0.2) is 4.39 Å². The van der Waals surface area contributed by atoms with Crippen LogP contribution in [-0.2, 0) is 16.0 Å². The minimum absolute atomic E-state index is 0.274. The van der Waals surface area contributed by atoms with Gasteiger partial charge in [0.1, 0.15) is 5.82 Å². The number of aromatic nitrogens is 3. The fraction of sp³-hybridized carbons (Fsp3) is 0.421. The normalized spacial score (nSPS) is 10.6. The first kappa shape index (κ1) is 22.5. The maximum atomic E-state index is 13.0. The summed E-state index contributed by atoms with van der Waals surface area (Å²) in [7, 11) is 0. The molecule has 2 aromatic rings. The predicted molar refractivity (Wildman–Crippen MR) is 111 cm³/mol. The van der Waals surface area contributed by atoms with E-state index in [0.29, 0.717) is 70.5 Å². The highest BCUT2D eigenvalue weighted by Crippen LogP contribution is 2.11. The number of nitrogens with one attached hydrogen (secondary N) is 3. The molecule has 0 aliphatic rings. The Bertz CT molecular complexity index is 731. The summed E-state index contributed by atoms with van der Waals surface area (Å²) in [6, 6.07) is 6.23. The van der Waals surface area contributed by atoms with Crippen LogP contribution >= 0.6 is 0 Å². The average Bonchev–Trinajstić information content (AvgIpc) is 2.74. The van der Waals surface area contributed by atoms with Crippen molar-refractivity contribution < 1.29 is 13.9 Å². The Morgan fingerprint density at radius 1 is 0.897 bits per heavy atom. The van der Waals surface area contributed by atoms with Crippen molar-refractivity contribution in [2.75, 3.05) is 62.0 Å². The highest BCUT2D eigenvalue weighted by molar-refractivity contribution is 5.42. The zero-order valence-corrected chi connectivity index (χ0v) is 16.4. The van der Waals surface area contributed by atoms with Gasteiger partial charge in [-0.2, -0.15) is 15.0 Å². The Morgan fingerprint density at radius 3 is 2.17 bits per heavy atom. The number of rotatable bonds is 15. The zero-order valence-electron chi connectivity index (χ0n) is 16.4. The summed E-state index contributed by atoms with van der Waals surface area (Å²) in [5, 5.41) is 9.27. The number of nitrogens with two attached hydrogens (primary N) is 1. The highest BCUT2D eigenvalue weighted by Gasteiger charge is 2.06. The minimum Gasteiger partial charge on any atom is -0.378 e. The van der Waals surface area contributed by atoms with E-state index in [-0.39, 0.29) is 5.82 Å². The predicted octanol–water partition coefficient (Wildman–Crippen LogP) is 1.62. The number of hydrogen-bond donors (Lipinski definition) is 4. The standard InChI is InChI=1S/C19H28FN7O2/c1-2-8-22-17-25-18(23-9-11-29-13-12-28-10-7-21)27-19(26-17)24-14-15-3-5-16(20)6-4-15/h2-6H,1,7-14,21H2,(H3,22,23,24,25,26,27). The molecule has 0 atom stereocenters. The van der Waals surface area contributed by atoms with E-state index in [1.54, 1.807) is 18.2 Å². The first-order chi connectivity index (χ1) is 14.2. The third kappa shape index (κ3) is 9.28. The van der Waals surface area contributed by atoms with Crippen LogP contribution in [0.25, 0.3) is 0 Å². The van der Waals surface area contributed by atoms with E-state index in [9.17, 15) is 4.39 Å². The van der Waals surface area contributed by atoms with Gasteiger partial charge in [0, 0.05) is 26.2 Å². The molecule has 0 bridgehead atoms. The van der Waals surface area contributed by atoms with Gasteiger partial charge >= 0.3 is 0 Å². The van der Waals surface area contributed by atoms with Crippen molar-refractivity contribution >= 4 is 17.8 Å². The molecule has 0 saturated heterocycles. The lowest BCUT2D eigenvalue weighted by molar-refractivity contribution is 0.0547. The van der Waals surface area contributed by atoms with Gasteiger partial charge in [-0.05, 0) is 17.7 Å². The molecule has 9 nitrogen and oxygen atoms in total. The van der Waals surface area contributed by atoms with Crippen molar-refractivity contribution in [1.82, 2.24) is 15.0 Å². The largest absolute Gasteiger partial charge is 0.378 e. The Hall–Kier alpha value is -2.82. The molecular formula is C19H28FN7O2. The average molecular weight is 405 g/mol. The third-order valence-corrected chi connectivity index (χ3v) is 3.57. The molecule has 0 spiro atoms. The molecule has 10 heteroatoms. The van der Waals surface area contributed by atoms with Gasteiger partial charge in [0.05, 0.1) is 26.4 Å². The molecule has 1 heterocycles. The second-order valence-electron chi connectivity index (χ2n) is 5.90. The van der Waals surface area contributed by atoms with E-state index in [0.717, 1.165) is 5.56 Å². The smallest absolute Gasteiger partial charge is 0.229 e. The van der Waals surface area contributed by atoms with Crippen LogP contribution in [0.1, 0.15) is 5.56 Å². The van der Waals surface area contributed by atoms with Crippen LogP contribution in [0.15, 0.2) is 36.9 Å². The monoisotopic (exact) mass is 405 g/mol. The molecule has 158 valence electrons. The van der Waals surface area contributed by atoms with Gasteiger partial charge in [0.25, 0.3) is 0 Å². The summed E-state index contributed by atoms with van der Waals surface area (Å²) in [6.45, 7) is 7.69. The highest BCUT2D eigenvalue weighted by atomic mass is 19.1. The molecule has 0 aliphatic carbocycles. The van der Waals surface area contributed by atoms with Gasteiger partial charge < -0.3 is 31.2 Å². The van der Waals surface area contributed by atoms with Gasteiger partial charge in [0.15, 0.2) is 0 Å². The molecule has 0 amide bonds. The van der Waals surface area contributed by atoms with Crippen LogP contribution in [0, 0.1) is 5.82 Å². The van der Waals surface area contributed by atoms with Crippen LogP contribution < -0.4 is 21.7 Å². The molecule has 5 N–H and O–H groups in total. The van der Waals surface area contributed by atoms with Crippen molar-refractivity contribution in [2.45, 2.75) is 6.54 Å². The van der Waals surface area contributed by atoms with Gasteiger partial charge in [-0.1, -0.05) is 18.2 Å². The molecule has 0 aliphatic heterocycles. The fourth-order valence-electron chi connectivity index (χ4n) is 2.20. The summed E-state index contributed by atoms with van der Waals surface area (Å²) >= 11 is 0. The van der Waals surface area contributed by atoms with Gasteiger partial charge in [0.2, 0.25) is 17.8 Å². The Kier molecular flexibility index (Phi) is 10.4. The lowest BCUT2D eigenvalue weighted by Crippen LogP contribution is -2.17. The summed E-state index contributed by atoms with van der Waals surface area (Å²) in [5.41, 5.74) is 6.25. The Labute approximate surface area is 169 Å². The fourth-order valence-corrected chi connectivity index (χ4v) is 2.20. The lowest BCUT2D eigenvalue weighted by Gasteiger charge is -2.11. The van der Waals surface area contributed by atoms with E-state index in [2.05, 4.69) is 37.5 Å². The summed E-state index contributed by atoms with van der Waals surface area (Å²) < 4.78 is 23.7. The van der Waals surface area contributed by atoms with Crippen molar-refractivity contribution in [3.8, 4) is 0 Å². The SMILES string of the molecule is C=CCNc1nc(NCCOCCOCCN)nc(NCc2ccc(F)cc2)n1. The number of nitrogens with zero attached hydrogens (tertiary/aromatic N) is 3. The van der Waals surface area contributed by atoms with Crippen LogP contribution in [0.2, 0.25) is 0 Å². The molecule has 1 aromatic carbocycles. The molecule has 0 fully saturated rings. The van der Waals surface area contributed by atoms with Crippen LogP contribution in [0.5, 0.6) is 0 Å². The Balaban J connectivity index is 1.86. The number of ether oxygens (including phenoxy) is 2. The molecule has 29 heavy (non-hydrogen) atoms. The van der Waals surface area contributed by atoms with Crippen LogP contribution in [0.3, 0.4) is 0 Å². The number of anilines is 3. The van der Waals surface area contributed by atoms with Crippen molar-refractivity contribution in [2.24, 2.45) is 5.73 Å². The minimum atomic E-state index is -0.274. The number of hydrogen-bond acceptors (Lipinski definition) is 9. The third-order valence-electron chi connectivity index (χ3n) is 3.57. The molecule has 1 aromatic heterocycles.